The Kier molecular flexibility index (Phi) is 3.17. The van der Waals surface area contributed by atoms with Gasteiger partial charge >= 0.3 is 0 Å². The van der Waals surface area contributed by atoms with Crippen molar-refractivity contribution in [2.45, 2.75) is 19.9 Å². The van der Waals surface area contributed by atoms with Crippen LogP contribution < -0.4 is 0 Å². The number of hydrogen-bond donors (Lipinski definition) is 0. The Morgan fingerprint density at radius 2 is 2.58 bits per heavy atom. The van der Waals surface area contributed by atoms with Gasteiger partial charge < -0.3 is 0 Å². The van der Waals surface area contributed by atoms with E-state index in [2.05, 4.69) is 15.1 Å². The molecule has 0 atom stereocenters. The van der Waals surface area contributed by atoms with Crippen molar-refractivity contribution in [2.75, 3.05) is 6.54 Å². The molecule has 1 heterocycles. The van der Waals surface area contributed by atoms with Crippen molar-refractivity contribution in [3.63, 3.8) is 0 Å². The van der Waals surface area contributed by atoms with E-state index in [1.54, 1.807) is 4.68 Å². The van der Waals surface area contributed by atoms with E-state index in [1.807, 2.05) is 6.92 Å². The molecule has 0 saturated heterocycles. The van der Waals surface area contributed by atoms with Crippen LogP contribution in [0.2, 0.25) is 0 Å². The van der Waals surface area contributed by atoms with Gasteiger partial charge in [-0.2, -0.15) is 5.10 Å². The highest BCUT2D eigenvalue weighted by Gasteiger charge is 2.00. The highest BCUT2D eigenvalue weighted by atomic mass is 16.1. The highest BCUT2D eigenvalue weighted by molar-refractivity contribution is 5.32. The van der Waals surface area contributed by atoms with Gasteiger partial charge in [-0.3, -0.25) is 4.68 Å². The molecule has 0 spiro atoms. The van der Waals surface area contributed by atoms with Crippen LogP contribution in [0.4, 0.5) is 0 Å². The smallest absolute Gasteiger partial charge is 0.234 e. The van der Waals surface area contributed by atoms with E-state index >= 15 is 0 Å². The monoisotopic (exact) mass is 166 g/mol. The normalized spacial score (nSPS) is 9.42. The molecule has 0 N–H and O–H groups in total. The highest BCUT2D eigenvalue weighted by Crippen LogP contribution is 1.94. The van der Waals surface area contributed by atoms with E-state index in [-0.39, 0.29) is 0 Å². The van der Waals surface area contributed by atoms with Crippen molar-refractivity contribution in [1.82, 2.24) is 14.8 Å². The quantitative estimate of drug-likeness (QED) is 0.473. The molecule has 0 aliphatic heterocycles. The fraction of sp³-hybridized carbons (Fsp3) is 0.571. The first-order chi connectivity index (χ1) is 5.88. The minimum Gasteiger partial charge on any atom is -0.250 e. The Labute approximate surface area is 70.1 Å². The van der Waals surface area contributed by atoms with Crippen LogP contribution in [0.25, 0.3) is 0 Å². The predicted octanol–water partition coefficient (Wildman–Crippen LogP) is 0.176. The molecule has 0 fully saturated rings. The van der Waals surface area contributed by atoms with Gasteiger partial charge in [0.25, 0.3) is 0 Å². The van der Waals surface area contributed by atoms with E-state index in [4.69, 9.17) is 0 Å². The SMILES string of the molecule is CCn1ncnc1CCN=C=O. The summed E-state index contributed by atoms with van der Waals surface area (Å²) in [6.45, 7) is 3.21. The number of aromatic nitrogens is 3. The summed E-state index contributed by atoms with van der Waals surface area (Å²) in [7, 11) is 0. The molecule has 1 rings (SSSR count). The maximum atomic E-state index is 9.75. The minimum atomic E-state index is 0.433. The molecular formula is C7H10N4O. The molecule has 0 radical (unpaired) electrons. The van der Waals surface area contributed by atoms with E-state index in [1.165, 1.54) is 12.4 Å². The van der Waals surface area contributed by atoms with Crippen molar-refractivity contribution in [3.8, 4) is 0 Å². The molecular weight excluding hydrogens is 156 g/mol. The molecule has 64 valence electrons. The van der Waals surface area contributed by atoms with E-state index in [0.29, 0.717) is 13.0 Å². The molecule has 1 aromatic rings. The molecule has 0 bridgehead atoms. The molecule has 0 aliphatic carbocycles. The van der Waals surface area contributed by atoms with Crippen LogP contribution in [0.1, 0.15) is 12.7 Å². The summed E-state index contributed by atoms with van der Waals surface area (Å²) in [6.07, 6.45) is 3.63. The molecule has 0 amide bonds. The molecule has 0 unspecified atom stereocenters. The third-order valence-corrected chi connectivity index (χ3v) is 1.51. The third kappa shape index (κ3) is 2.00. The molecule has 0 aliphatic rings. The van der Waals surface area contributed by atoms with Crippen LogP contribution in [0, 0.1) is 0 Å². The van der Waals surface area contributed by atoms with Gasteiger partial charge in [0, 0.05) is 13.0 Å². The number of aryl methyl sites for hydroxylation is 1. The maximum absolute atomic E-state index is 9.75. The average Bonchev–Trinajstić information content (AvgIpc) is 2.52. The summed E-state index contributed by atoms with van der Waals surface area (Å²) in [5.74, 6) is 0.858. The van der Waals surface area contributed by atoms with Crippen LogP contribution in [0.15, 0.2) is 11.3 Å². The van der Waals surface area contributed by atoms with Crippen LogP contribution in [-0.4, -0.2) is 27.4 Å². The van der Waals surface area contributed by atoms with E-state index in [0.717, 1.165) is 12.4 Å². The lowest BCUT2D eigenvalue weighted by Crippen LogP contribution is -2.04. The summed E-state index contributed by atoms with van der Waals surface area (Å²) < 4.78 is 1.78. The third-order valence-electron chi connectivity index (χ3n) is 1.51. The second-order valence-electron chi connectivity index (χ2n) is 2.22. The fourth-order valence-electron chi connectivity index (χ4n) is 0.947. The van der Waals surface area contributed by atoms with E-state index < -0.39 is 0 Å². The lowest BCUT2D eigenvalue weighted by molar-refractivity contribution is 0.561. The zero-order valence-corrected chi connectivity index (χ0v) is 6.90. The van der Waals surface area contributed by atoms with Gasteiger partial charge in [-0.1, -0.05) is 0 Å². The Morgan fingerprint density at radius 1 is 1.75 bits per heavy atom. The summed E-state index contributed by atoms with van der Waals surface area (Å²) in [6, 6.07) is 0. The molecule has 12 heavy (non-hydrogen) atoms. The number of carbonyl (C=O) groups excluding carboxylic acids is 1. The summed E-state index contributed by atoms with van der Waals surface area (Å²) in [4.78, 5) is 17.2. The summed E-state index contributed by atoms with van der Waals surface area (Å²) in [5.41, 5.74) is 0. The number of hydrogen-bond acceptors (Lipinski definition) is 4. The first-order valence-electron chi connectivity index (χ1n) is 3.78. The van der Waals surface area contributed by atoms with E-state index in [9.17, 15) is 4.79 Å². The fourth-order valence-corrected chi connectivity index (χ4v) is 0.947. The van der Waals surface area contributed by atoms with Crippen LogP contribution in [-0.2, 0) is 17.8 Å². The Balaban J connectivity index is 2.55. The summed E-state index contributed by atoms with van der Waals surface area (Å²) >= 11 is 0. The van der Waals surface area contributed by atoms with Gasteiger partial charge in [-0.05, 0) is 6.92 Å². The molecule has 0 saturated carbocycles. The van der Waals surface area contributed by atoms with Crippen LogP contribution in [0.3, 0.4) is 0 Å². The number of nitrogens with zero attached hydrogens (tertiary/aromatic N) is 4. The number of rotatable bonds is 4. The molecule has 5 nitrogen and oxygen atoms in total. The van der Waals surface area contributed by atoms with Crippen molar-refractivity contribution in [1.29, 1.82) is 0 Å². The Hall–Kier alpha value is -1.48. The standard InChI is InChI=1S/C7H10N4O/c1-2-11-7(9-5-10-11)3-4-8-6-12/h5H,2-4H2,1H3. The van der Waals surface area contributed by atoms with Crippen molar-refractivity contribution in [3.05, 3.63) is 12.2 Å². The van der Waals surface area contributed by atoms with Gasteiger partial charge in [0.1, 0.15) is 12.2 Å². The number of aliphatic imine (C=N–C) groups is 1. The van der Waals surface area contributed by atoms with Crippen molar-refractivity contribution in [2.24, 2.45) is 4.99 Å². The largest absolute Gasteiger partial charge is 0.250 e. The molecule has 5 heteroatoms. The maximum Gasteiger partial charge on any atom is 0.234 e. The Bertz CT molecular complexity index is 287. The average molecular weight is 166 g/mol. The lowest BCUT2D eigenvalue weighted by atomic mass is 10.4. The minimum absolute atomic E-state index is 0.433. The topological polar surface area (TPSA) is 60.1 Å². The van der Waals surface area contributed by atoms with Crippen LogP contribution >= 0.6 is 0 Å². The first kappa shape index (κ1) is 8.62. The van der Waals surface area contributed by atoms with Gasteiger partial charge in [0.05, 0.1) is 6.54 Å². The van der Waals surface area contributed by atoms with Crippen molar-refractivity contribution < 1.29 is 4.79 Å². The molecule has 1 aromatic heterocycles. The predicted molar refractivity (Wildman–Crippen MR) is 42.4 cm³/mol. The molecule has 0 aromatic carbocycles. The second kappa shape index (κ2) is 4.41. The van der Waals surface area contributed by atoms with Gasteiger partial charge in [0.2, 0.25) is 6.08 Å². The number of isocyanates is 1. The van der Waals surface area contributed by atoms with Crippen LogP contribution in [0.5, 0.6) is 0 Å². The lowest BCUT2D eigenvalue weighted by Gasteiger charge is -1.98. The summed E-state index contributed by atoms with van der Waals surface area (Å²) in [5, 5.41) is 3.98. The van der Waals surface area contributed by atoms with Gasteiger partial charge in [0.15, 0.2) is 0 Å². The van der Waals surface area contributed by atoms with Gasteiger partial charge in [-0.25, -0.2) is 14.8 Å². The zero-order valence-electron chi connectivity index (χ0n) is 6.90. The second-order valence-corrected chi connectivity index (χ2v) is 2.22. The van der Waals surface area contributed by atoms with Gasteiger partial charge in [-0.15, -0.1) is 0 Å². The first-order valence-corrected chi connectivity index (χ1v) is 3.78. The Morgan fingerprint density at radius 3 is 3.25 bits per heavy atom. The zero-order chi connectivity index (χ0) is 8.81. The van der Waals surface area contributed by atoms with Crippen molar-refractivity contribution >= 4 is 6.08 Å².